The van der Waals surface area contributed by atoms with E-state index in [4.69, 9.17) is 5.26 Å². The van der Waals surface area contributed by atoms with Gasteiger partial charge in [-0.15, -0.1) is 0 Å². The van der Waals surface area contributed by atoms with Crippen LogP contribution in [-0.4, -0.2) is 16.6 Å². The van der Waals surface area contributed by atoms with Crippen molar-refractivity contribution >= 4 is 11.6 Å². The second-order valence-corrected chi connectivity index (χ2v) is 4.28. The Morgan fingerprint density at radius 1 is 1.10 bits per heavy atom. The maximum atomic E-state index is 12.2. The molecule has 0 bridgehead atoms. The number of hydrogen-bond acceptors (Lipinski definition) is 4. The average Bonchev–Trinajstić information content (AvgIpc) is 2.53. The van der Waals surface area contributed by atoms with E-state index in [1.807, 2.05) is 6.07 Å². The molecule has 0 saturated carbocycles. The van der Waals surface area contributed by atoms with Crippen LogP contribution in [0.2, 0.25) is 0 Å². The smallest absolute Gasteiger partial charge is 0.180 e. The zero-order valence-electron chi connectivity index (χ0n) is 10.7. The van der Waals surface area contributed by atoms with Crippen LogP contribution in [-0.2, 0) is 0 Å². The highest BCUT2D eigenvalue weighted by molar-refractivity contribution is 6.04. The van der Waals surface area contributed by atoms with Crippen molar-refractivity contribution in [1.82, 2.24) is 4.98 Å². The van der Waals surface area contributed by atoms with Gasteiger partial charge in [0.15, 0.2) is 11.6 Å². The summed E-state index contributed by atoms with van der Waals surface area (Å²) in [7, 11) is 0. The number of nitriles is 1. The molecule has 1 heterocycles. The number of carbonyl (C=O) groups excluding carboxylic acids is 2. The standard InChI is InChI=1S/C16H12N2O2/c17-10-14(16(20)12-5-2-1-3-6-12)9-15(19)13-7-4-8-18-11-13/h1-8,11,14H,9H2. The number of carbonyl (C=O) groups is 2. The fourth-order valence-electron chi connectivity index (χ4n) is 1.83. The van der Waals surface area contributed by atoms with Crippen LogP contribution in [0, 0.1) is 17.2 Å². The maximum absolute atomic E-state index is 12.2. The molecule has 0 aliphatic carbocycles. The Bertz CT molecular complexity index is 645. The first-order valence-electron chi connectivity index (χ1n) is 6.14. The van der Waals surface area contributed by atoms with E-state index in [2.05, 4.69) is 4.98 Å². The van der Waals surface area contributed by atoms with Crippen LogP contribution in [0.1, 0.15) is 27.1 Å². The lowest BCUT2D eigenvalue weighted by Gasteiger charge is -2.07. The zero-order valence-corrected chi connectivity index (χ0v) is 10.7. The summed E-state index contributed by atoms with van der Waals surface area (Å²) in [5.41, 5.74) is 0.853. The van der Waals surface area contributed by atoms with Crippen molar-refractivity contribution in [1.29, 1.82) is 5.26 Å². The molecule has 1 aromatic heterocycles. The first kappa shape index (κ1) is 13.6. The van der Waals surface area contributed by atoms with E-state index in [1.54, 1.807) is 48.7 Å². The fourth-order valence-corrected chi connectivity index (χ4v) is 1.83. The van der Waals surface area contributed by atoms with Gasteiger partial charge in [-0.3, -0.25) is 14.6 Å². The number of nitrogens with zero attached hydrogens (tertiary/aromatic N) is 2. The first-order chi connectivity index (χ1) is 9.72. The zero-order chi connectivity index (χ0) is 14.4. The Morgan fingerprint density at radius 3 is 2.40 bits per heavy atom. The van der Waals surface area contributed by atoms with Crippen LogP contribution >= 0.6 is 0 Å². The van der Waals surface area contributed by atoms with Gasteiger partial charge in [0.2, 0.25) is 0 Å². The number of pyridine rings is 1. The molecule has 4 heteroatoms. The van der Waals surface area contributed by atoms with E-state index in [1.165, 1.54) is 6.20 Å². The van der Waals surface area contributed by atoms with Crippen molar-refractivity contribution in [2.75, 3.05) is 0 Å². The minimum absolute atomic E-state index is 0.129. The lowest BCUT2D eigenvalue weighted by molar-refractivity contribution is 0.0882. The van der Waals surface area contributed by atoms with Crippen LogP contribution < -0.4 is 0 Å². The van der Waals surface area contributed by atoms with Crippen molar-refractivity contribution in [2.24, 2.45) is 5.92 Å². The van der Waals surface area contributed by atoms with Crippen LogP contribution in [0.4, 0.5) is 0 Å². The molecular formula is C16H12N2O2. The molecule has 98 valence electrons. The highest BCUT2D eigenvalue weighted by atomic mass is 16.1. The van der Waals surface area contributed by atoms with Gasteiger partial charge in [0.25, 0.3) is 0 Å². The summed E-state index contributed by atoms with van der Waals surface area (Å²) in [6, 6.07) is 13.7. The van der Waals surface area contributed by atoms with Crippen LogP contribution in [0.3, 0.4) is 0 Å². The third-order valence-corrected chi connectivity index (χ3v) is 2.90. The molecular weight excluding hydrogens is 252 g/mol. The van der Waals surface area contributed by atoms with Gasteiger partial charge in [0.05, 0.1) is 6.07 Å². The Hall–Kier alpha value is -2.80. The molecule has 0 radical (unpaired) electrons. The lowest BCUT2D eigenvalue weighted by Crippen LogP contribution is -2.17. The van der Waals surface area contributed by atoms with E-state index < -0.39 is 5.92 Å². The Labute approximate surface area is 116 Å². The van der Waals surface area contributed by atoms with Crippen molar-refractivity contribution in [2.45, 2.75) is 6.42 Å². The molecule has 1 unspecified atom stereocenters. The quantitative estimate of drug-likeness (QED) is 0.778. The van der Waals surface area contributed by atoms with E-state index in [9.17, 15) is 9.59 Å². The number of benzene rings is 1. The minimum Gasteiger partial charge on any atom is -0.294 e. The van der Waals surface area contributed by atoms with Gasteiger partial charge >= 0.3 is 0 Å². The molecule has 0 fully saturated rings. The number of Topliss-reactive ketones (excluding diaryl/α,β-unsaturated/α-hetero) is 2. The van der Waals surface area contributed by atoms with Crippen molar-refractivity contribution < 1.29 is 9.59 Å². The van der Waals surface area contributed by atoms with Gasteiger partial charge < -0.3 is 0 Å². The van der Waals surface area contributed by atoms with Crippen LogP contribution in [0.5, 0.6) is 0 Å². The van der Waals surface area contributed by atoms with E-state index in [0.717, 1.165) is 0 Å². The summed E-state index contributed by atoms with van der Waals surface area (Å²) in [6.07, 6.45) is 2.87. The normalized spacial score (nSPS) is 11.3. The van der Waals surface area contributed by atoms with E-state index in [0.29, 0.717) is 11.1 Å². The maximum Gasteiger partial charge on any atom is 0.180 e. The molecule has 0 amide bonds. The Morgan fingerprint density at radius 2 is 1.80 bits per heavy atom. The fraction of sp³-hybridized carbons (Fsp3) is 0.125. The van der Waals surface area contributed by atoms with Crippen LogP contribution in [0.15, 0.2) is 54.9 Å². The van der Waals surface area contributed by atoms with Gasteiger partial charge in [0, 0.05) is 29.9 Å². The van der Waals surface area contributed by atoms with Gasteiger partial charge in [-0.1, -0.05) is 30.3 Å². The van der Waals surface area contributed by atoms with Gasteiger partial charge in [0.1, 0.15) is 5.92 Å². The van der Waals surface area contributed by atoms with Crippen molar-refractivity contribution in [3.8, 4) is 6.07 Å². The summed E-state index contributed by atoms with van der Waals surface area (Å²) < 4.78 is 0. The topological polar surface area (TPSA) is 70.8 Å². The molecule has 2 aromatic rings. The summed E-state index contributed by atoms with van der Waals surface area (Å²) in [6.45, 7) is 0. The molecule has 0 spiro atoms. The van der Waals surface area contributed by atoms with Gasteiger partial charge in [-0.05, 0) is 12.1 Å². The van der Waals surface area contributed by atoms with Gasteiger partial charge in [-0.25, -0.2) is 0 Å². The molecule has 1 aromatic carbocycles. The lowest BCUT2D eigenvalue weighted by atomic mass is 9.92. The second kappa shape index (κ2) is 6.39. The minimum atomic E-state index is -0.967. The highest BCUT2D eigenvalue weighted by Crippen LogP contribution is 2.15. The van der Waals surface area contributed by atoms with E-state index in [-0.39, 0.29) is 18.0 Å². The molecule has 2 rings (SSSR count). The Balaban J connectivity index is 2.13. The number of ketones is 2. The molecule has 0 saturated heterocycles. The third-order valence-electron chi connectivity index (χ3n) is 2.90. The molecule has 4 nitrogen and oxygen atoms in total. The third kappa shape index (κ3) is 3.15. The number of rotatable bonds is 5. The summed E-state index contributed by atoms with van der Waals surface area (Å²) in [5, 5.41) is 9.11. The van der Waals surface area contributed by atoms with Crippen molar-refractivity contribution in [3.05, 3.63) is 66.0 Å². The summed E-state index contributed by atoms with van der Waals surface area (Å²) >= 11 is 0. The predicted molar refractivity (Wildman–Crippen MR) is 73.1 cm³/mol. The molecule has 0 N–H and O–H groups in total. The monoisotopic (exact) mass is 264 g/mol. The second-order valence-electron chi connectivity index (χ2n) is 4.28. The van der Waals surface area contributed by atoms with Crippen LogP contribution in [0.25, 0.3) is 0 Å². The largest absolute Gasteiger partial charge is 0.294 e. The van der Waals surface area contributed by atoms with Crippen molar-refractivity contribution in [3.63, 3.8) is 0 Å². The molecule has 1 atom stereocenters. The predicted octanol–water partition coefficient (Wildman–Crippen LogP) is 2.68. The first-order valence-corrected chi connectivity index (χ1v) is 6.14. The average molecular weight is 264 g/mol. The molecule has 0 aliphatic heterocycles. The Kier molecular flexibility index (Phi) is 4.35. The summed E-state index contributed by atoms with van der Waals surface area (Å²) in [4.78, 5) is 28.0. The van der Waals surface area contributed by atoms with Gasteiger partial charge in [-0.2, -0.15) is 5.26 Å². The number of hydrogen-bond donors (Lipinski definition) is 0. The molecule has 20 heavy (non-hydrogen) atoms. The summed E-state index contributed by atoms with van der Waals surface area (Å²) in [5.74, 6) is -1.55. The molecule has 0 aliphatic rings. The SMILES string of the molecule is N#CC(CC(=O)c1cccnc1)C(=O)c1ccccc1. The number of aromatic nitrogens is 1. The highest BCUT2D eigenvalue weighted by Gasteiger charge is 2.23. The van der Waals surface area contributed by atoms with E-state index >= 15 is 0 Å².